The number of aliphatic hydroxyl groups is 1. The summed E-state index contributed by atoms with van der Waals surface area (Å²) < 4.78 is 11.0. The largest absolute Gasteiger partial charge is 0.497 e. The molecule has 2 aromatic carbocycles. The zero-order chi connectivity index (χ0) is 18.1. The van der Waals surface area contributed by atoms with Gasteiger partial charge in [0.05, 0.1) is 7.11 Å². The predicted octanol–water partition coefficient (Wildman–Crippen LogP) is 3.59. The number of benzene rings is 2. The average Bonchev–Trinajstić information content (AvgIpc) is 2.60. The SMILES string of the molecule is COc1cccc(CN(CC(C)C)C[C@H](O)COc2ccccc2)c1. The fourth-order valence-electron chi connectivity index (χ4n) is 2.81. The second-order valence-electron chi connectivity index (χ2n) is 6.72. The van der Waals surface area contributed by atoms with Gasteiger partial charge in [0, 0.05) is 19.6 Å². The molecule has 2 aromatic rings. The highest BCUT2D eigenvalue weighted by Gasteiger charge is 2.15. The molecule has 0 radical (unpaired) electrons. The van der Waals surface area contributed by atoms with Crippen molar-refractivity contribution in [2.24, 2.45) is 5.92 Å². The Morgan fingerprint density at radius 1 is 0.960 bits per heavy atom. The molecule has 0 saturated heterocycles. The van der Waals surface area contributed by atoms with E-state index in [9.17, 15) is 5.11 Å². The quantitative estimate of drug-likeness (QED) is 0.716. The Balaban J connectivity index is 1.91. The van der Waals surface area contributed by atoms with Gasteiger partial charge in [-0.3, -0.25) is 4.90 Å². The van der Waals surface area contributed by atoms with Crippen molar-refractivity contribution in [3.8, 4) is 11.5 Å². The van der Waals surface area contributed by atoms with Crippen LogP contribution in [0.2, 0.25) is 0 Å². The number of nitrogens with zero attached hydrogens (tertiary/aromatic N) is 1. The maximum atomic E-state index is 10.4. The van der Waals surface area contributed by atoms with Crippen molar-refractivity contribution >= 4 is 0 Å². The van der Waals surface area contributed by atoms with Crippen LogP contribution in [0.15, 0.2) is 54.6 Å². The third kappa shape index (κ3) is 7.16. The number of methoxy groups -OCH3 is 1. The number of hydrogen-bond acceptors (Lipinski definition) is 4. The van der Waals surface area contributed by atoms with Crippen LogP contribution in [0.1, 0.15) is 19.4 Å². The molecule has 0 spiro atoms. The van der Waals surface area contributed by atoms with E-state index in [0.29, 0.717) is 12.5 Å². The molecular weight excluding hydrogens is 314 g/mol. The van der Waals surface area contributed by atoms with Crippen LogP contribution in [0.25, 0.3) is 0 Å². The highest BCUT2D eigenvalue weighted by atomic mass is 16.5. The number of aliphatic hydroxyl groups excluding tert-OH is 1. The van der Waals surface area contributed by atoms with Crippen LogP contribution in [0.5, 0.6) is 11.5 Å². The van der Waals surface area contributed by atoms with Crippen LogP contribution in [0.4, 0.5) is 0 Å². The zero-order valence-corrected chi connectivity index (χ0v) is 15.4. The van der Waals surface area contributed by atoms with Crippen molar-refractivity contribution in [3.05, 3.63) is 60.2 Å². The first-order valence-electron chi connectivity index (χ1n) is 8.78. The molecule has 0 aromatic heterocycles. The summed E-state index contributed by atoms with van der Waals surface area (Å²) in [7, 11) is 1.68. The maximum Gasteiger partial charge on any atom is 0.119 e. The lowest BCUT2D eigenvalue weighted by Crippen LogP contribution is -2.37. The van der Waals surface area contributed by atoms with Crippen LogP contribution < -0.4 is 9.47 Å². The van der Waals surface area contributed by atoms with Crippen molar-refractivity contribution in [1.82, 2.24) is 4.90 Å². The zero-order valence-electron chi connectivity index (χ0n) is 15.4. The average molecular weight is 343 g/mol. The van der Waals surface area contributed by atoms with E-state index in [0.717, 1.165) is 24.6 Å². The second-order valence-corrected chi connectivity index (χ2v) is 6.72. The summed E-state index contributed by atoms with van der Waals surface area (Å²) in [5.41, 5.74) is 1.18. The van der Waals surface area contributed by atoms with E-state index in [2.05, 4.69) is 24.8 Å². The summed E-state index contributed by atoms with van der Waals surface area (Å²) in [6, 6.07) is 17.7. The van der Waals surface area contributed by atoms with Crippen molar-refractivity contribution < 1.29 is 14.6 Å². The van der Waals surface area contributed by atoms with Crippen LogP contribution >= 0.6 is 0 Å². The molecule has 0 unspecified atom stereocenters. The minimum absolute atomic E-state index is 0.288. The van der Waals surface area contributed by atoms with Gasteiger partial charge in [-0.25, -0.2) is 0 Å². The van der Waals surface area contributed by atoms with Gasteiger partial charge in [0.1, 0.15) is 24.2 Å². The number of para-hydroxylation sites is 1. The van der Waals surface area contributed by atoms with Gasteiger partial charge < -0.3 is 14.6 Å². The van der Waals surface area contributed by atoms with E-state index < -0.39 is 6.10 Å². The van der Waals surface area contributed by atoms with Crippen LogP contribution in [-0.2, 0) is 6.54 Å². The molecular formula is C21H29NO3. The highest BCUT2D eigenvalue weighted by molar-refractivity contribution is 5.28. The van der Waals surface area contributed by atoms with Gasteiger partial charge in [-0.05, 0) is 35.7 Å². The molecule has 0 heterocycles. The molecule has 0 aliphatic heterocycles. The summed E-state index contributed by atoms with van der Waals surface area (Å²) in [5.74, 6) is 2.16. The van der Waals surface area contributed by atoms with Gasteiger partial charge >= 0.3 is 0 Å². The Hall–Kier alpha value is -2.04. The van der Waals surface area contributed by atoms with E-state index in [1.807, 2.05) is 48.5 Å². The van der Waals surface area contributed by atoms with Crippen molar-refractivity contribution in [3.63, 3.8) is 0 Å². The maximum absolute atomic E-state index is 10.4. The number of hydrogen-bond donors (Lipinski definition) is 1. The van der Waals surface area contributed by atoms with Gasteiger partial charge in [0.25, 0.3) is 0 Å². The van der Waals surface area contributed by atoms with E-state index in [1.54, 1.807) is 7.11 Å². The molecule has 25 heavy (non-hydrogen) atoms. The molecule has 2 rings (SSSR count). The lowest BCUT2D eigenvalue weighted by atomic mass is 10.1. The smallest absolute Gasteiger partial charge is 0.119 e. The Bertz CT molecular complexity index is 616. The van der Waals surface area contributed by atoms with Gasteiger partial charge in [0.2, 0.25) is 0 Å². The lowest BCUT2D eigenvalue weighted by Gasteiger charge is -2.27. The number of rotatable bonds is 10. The molecule has 136 valence electrons. The minimum atomic E-state index is -0.537. The van der Waals surface area contributed by atoms with E-state index in [1.165, 1.54) is 5.56 Å². The number of ether oxygens (including phenoxy) is 2. The summed E-state index contributed by atoms with van der Waals surface area (Å²) in [6.45, 7) is 6.92. The Morgan fingerprint density at radius 3 is 2.36 bits per heavy atom. The first-order chi connectivity index (χ1) is 12.1. The van der Waals surface area contributed by atoms with Crippen LogP contribution in [-0.4, -0.2) is 42.9 Å². The van der Waals surface area contributed by atoms with Crippen LogP contribution in [0, 0.1) is 5.92 Å². The summed E-state index contributed by atoms with van der Waals surface area (Å²) in [6.07, 6.45) is -0.537. The fraction of sp³-hybridized carbons (Fsp3) is 0.429. The summed E-state index contributed by atoms with van der Waals surface area (Å²) >= 11 is 0. The molecule has 0 aliphatic carbocycles. The first-order valence-corrected chi connectivity index (χ1v) is 8.78. The van der Waals surface area contributed by atoms with E-state index >= 15 is 0 Å². The fourth-order valence-corrected chi connectivity index (χ4v) is 2.81. The lowest BCUT2D eigenvalue weighted by molar-refractivity contribution is 0.0615. The molecule has 4 nitrogen and oxygen atoms in total. The highest BCUT2D eigenvalue weighted by Crippen LogP contribution is 2.16. The monoisotopic (exact) mass is 343 g/mol. The molecule has 0 aliphatic rings. The van der Waals surface area contributed by atoms with E-state index in [-0.39, 0.29) is 6.61 Å². The molecule has 0 bridgehead atoms. The third-order valence-corrected chi connectivity index (χ3v) is 3.82. The van der Waals surface area contributed by atoms with Crippen molar-refractivity contribution in [2.75, 3.05) is 26.8 Å². The Morgan fingerprint density at radius 2 is 1.68 bits per heavy atom. The van der Waals surface area contributed by atoms with Crippen molar-refractivity contribution in [1.29, 1.82) is 0 Å². The minimum Gasteiger partial charge on any atom is -0.497 e. The normalized spacial score (nSPS) is 12.4. The first kappa shape index (κ1) is 19.3. The summed E-state index contributed by atoms with van der Waals surface area (Å²) in [5, 5.41) is 10.4. The van der Waals surface area contributed by atoms with Gasteiger partial charge in [-0.2, -0.15) is 0 Å². The molecule has 1 N–H and O–H groups in total. The molecule has 0 fully saturated rings. The molecule has 0 amide bonds. The molecule has 0 saturated carbocycles. The second kappa shape index (κ2) is 10.1. The van der Waals surface area contributed by atoms with Gasteiger partial charge in [-0.1, -0.05) is 44.2 Å². The molecule has 1 atom stereocenters. The van der Waals surface area contributed by atoms with Crippen molar-refractivity contribution in [2.45, 2.75) is 26.5 Å². The Kier molecular flexibility index (Phi) is 7.76. The van der Waals surface area contributed by atoms with Gasteiger partial charge in [-0.15, -0.1) is 0 Å². The third-order valence-electron chi connectivity index (χ3n) is 3.82. The summed E-state index contributed by atoms with van der Waals surface area (Å²) in [4.78, 5) is 2.26. The predicted molar refractivity (Wildman–Crippen MR) is 101 cm³/mol. The topological polar surface area (TPSA) is 41.9 Å². The van der Waals surface area contributed by atoms with Crippen LogP contribution in [0.3, 0.4) is 0 Å². The van der Waals surface area contributed by atoms with E-state index in [4.69, 9.17) is 9.47 Å². The van der Waals surface area contributed by atoms with Gasteiger partial charge in [0.15, 0.2) is 0 Å². The Labute approximate surface area is 151 Å². The standard InChI is InChI=1S/C21H29NO3/c1-17(2)13-22(14-18-8-7-11-21(12-18)24-3)15-19(23)16-25-20-9-5-4-6-10-20/h4-12,17,19,23H,13-16H2,1-3H3/t19-/m0/s1. The molecule has 4 heteroatoms.